The number of nitrogens with zero attached hydrogens (tertiary/aromatic N) is 3. The fraction of sp³-hybridized carbons (Fsp3) is 0.565. The molecule has 1 saturated carbocycles. The van der Waals surface area contributed by atoms with Gasteiger partial charge in [0, 0.05) is 50.1 Å². The number of halogens is 2. The number of nitrogens with two attached hydrogens (primary N) is 1. The van der Waals surface area contributed by atoms with Crippen LogP contribution in [-0.2, 0) is 4.74 Å². The van der Waals surface area contributed by atoms with Crippen LogP contribution >= 0.6 is 0 Å². The number of hydrogen-bond donors (Lipinski definition) is 2. The maximum atomic E-state index is 14.1. The summed E-state index contributed by atoms with van der Waals surface area (Å²) in [4.78, 5) is 2.65. The van der Waals surface area contributed by atoms with Crippen LogP contribution in [0.5, 0.6) is 0 Å². The number of benzene rings is 1. The van der Waals surface area contributed by atoms with E-state index in [1.165, 1.54) is 38.5 Å². The lowest BCUT2D eigenvalue weighted by atomic mass is 10.00. The Hall–Kier alpha value is -2.32. The van der Waals surface area contributed by atoms with Crippen molar-refractivity contribution >= 4 is 11.5 Å². The van der Waals surface area contributed by atoms with Gasteiger partial charge in [0.25, 0.3) is 0 Å². The van der Waals surface area contributed by atoms with Crippen molar-refractivity contribution in [2.75, 3.05) is 43.9 Å². The summed E-state index contributed by atoms with van der Waals surface area (Å²) in [5.74, 6) is 0.967. The lowest BCUT2D eigenvalue weighted by Crippen LogP contribution is -2.32. The molecule has 0 radical (unpaired) electrons. The number of hydrogen-bond acceptors (Lipinski definition) is 6. The second-order valence-corrected chi connectivity index (χ2v) is 9.28. The van der Waals surface area contributed by atoms with E-state index in [1.807, 2.05) is 0 Å². The lowest BCUT2D eigenvalue weighted by Gasteiger charge is -2.27. The highest BCUT2D eigenvalue weighted by Crippen LogP contribution is 2.39. The molecule has 3 fully saturated rings. The minimum Gasteiger partial charge on any atom is -0.399 e. The zero-order valence-corrected chi connectivity index (χ0v) is 17.6. The minimum atomic E-state index is -0.984. The first-order valence-corrected chi connectivity index (χ1v) is 11.2. The maximum Gasteiger partial charge on any atom is 0.168 e. The van der Waals surface area contributed by atoms with Crippen LogP contribution in [0.15, 0.2) is 24.3 Å². The normalized spacial score (nSPS) is 26.8. The summed E-state index contributed by atoms with van der Waals surface area (Å²) in [7, 11) is 0. The van der Waals surface area contributed by atoms with Gasteiger partial charge >= 0.3 is 0 Å². The zero-order valence-electron chi connectivity index (χ0n) is 17.6. The molecule has 1 aromatic heterocycles. The summed E-state index contributed by atoms with van der Waals surface area (Å²) in [5.41, 5.74) is 6.08. The van der Waals surface area contributed by atoms with Crippen LogP contribution in [-0.4, -0.2) is 54.0 Å². The zero-order chi connectivity index (χ0) is 21.4. The number of nitrogens with one attached hydrogen (secondary N) is 1. The molecule has 3 aliphatic rings. The van der Waals surface area contributed by atoms with Gasteiger partial charge in [-0.2, -0.15) is 0 Å². The molecule has 166 valence electrons. The first-order chi connectivity index (χ1) is 15.0. The van der Waals surface area contributed by atoms with Crippen LogP contribution in [0.4, 0.5) is 20.3 Å². The number of rotatable bonds is 5. The molecule has 0 spiro atoms. The van der Waals surface area contributed by atoms with Crippen molar-refractivity contribution < 1.29 is 13.5 Å². The molecular formula is C23H29F2N5O. The van der Waals surface area contributed by atoms with E-state index in [0.29, 0.717) is 11.9 Å². The fourth-order valence-corrected chi connectivity index (χ4v) is 5.52. The molecule has 6 nitrogen and oxygen atoms in total. The van der Waals surface area contributed by atoms with Gasteiger partial charge in [-0.25, -0.2) is 8.78 Å². The second-order valence-electron chi connectivity index (χ2n) is 9.28. The van der Waals surface area contributed by atoms with Crippen LogP contribution in [0, 0.1) is 29.4 Å². The van der Waals surface area contributed by atoms with E-state index >= 15 is 0 Å². The van der Waals surface area contributed by atoms with Gasteiger partial charge < -0.3 is 20.7 Å². The molecule has 2 unspecified atom stereocenters. The molecular weight excluding hydrogens is 400 g/mol. The van der Waals surface area contributed by atoms with E-state index in [2.05, 4.69) is 20.4 Å². The highest BCUT2D eigenvalue weighted by Gasteiger charge is 2.41. The summed E-state index contributed by atoms with van der Waals surface area (Å²) < 4.78 is 33.2. The van der Waals surface area contributed by atoms with E-state index in [4.69, 9.17) is 10.5 Å². The van der Waals surface area contributed by atoms with E-state index in [0.717, 1.165) is 49.9 Å². The van der Waals surface area contributed by atoms with Crippen molar-refractivity contribution in [2.45, 2.75) is 31.7 Å². The molecule has 3 atom stereocenters. The smallest absolute Gasteiger partial charge is 0.168 e. The van der Waals surface area contributed by atoms with Gasteiger partial charge in [-0.3, -0.25) is 0 Å². The van der Waals surface area contributed by atoms with Crippen molar-refractivity contribution in [3.05, 3.63) is 35.9 Å². The summed E-state index contributed by atoms with van der Waals surface area (Å²) in [6.45, 7) is 5.41. The fourth-order valence-electron chi connectivity index (χ4n) is 5.52. The highest BCUT2D eigenvalue weighted by molar-refractivity contribution is 5.65. The number of likely N-dealkylation sites (tertiary alicyclic amines) is 1. The Balaban J connectivity index is 1.16. The van der Waals surface area contributed by atoms with E-state index in [1.54, 1.807) is 12.1 Å². The standard InChI is InChI=1S/C23H29F2N5O/c24-20-10-17(26)9-19(23(20)25)21-1-2-22(29-28-21)27-18-7-15-12-30(13-16(15)8-18)11-14-3-5-31-6-4-14/h1-2,9-10,14-16,18H,3-8,11-13,26H2,(H,27,29)/t15-,16?,18?/m1/s1. The summed E-state index contributed by atoms with van der Waals surface area (Å²) in [6, 6.07) is 6.14. The third-order valence-electron chi connectivity index (χ3n) is 7.03. The van der Waals surface area contributed by atoms with Gasteiger partial charge in [-0.05, 0) is 67.7 Å². The SMILES string of the molecule is Nc1cc(F)c(F)c(-c2ccc(NC3CC4CN(CC5CCOCC5)C[C@H]4C3)nn2)c1. The van der Waals surface area contributed by atoms with Crippen LogP contribution in [0.2, 0.25) is 0 Å². The van der Waals surface area contributed by atoms with Crippen molar-refractivity contribution in [1.29, 1.82) is 0 Å². The molecule has 2 aromatic rings. The molecule has 1 aromatic carbocycles. The Bertz CT molecular complexity index is 905. The molecule has 3 N–H and O–H groups in total. The average molecular weight is 430 g/mol. The van der Waals surface area contributed by atoms with E-state index in [9.17, 15) is 8.78 Å². The van der Waals surface area contributed by atoms with Crippen LogP contribution in [0.3, 0.4) is 0 Å². The molecule has 2 aliphatic heterocycles. The van der Waals surface area contributed by atoms with E-state index in [-0.39, 0.29) is 16.9 Å². The Morgan fingerprint density at radius 1 is 1.06 bits per heavy atom. The maximum absolute atomic E-state index is 14.1. The van der Waals surface area contributed by atoms with Crippen molar-refractivity contribution in [3.63, 3.8) is 0 Å². The molecule has 31 heavy (non-hydrogen) atoms. The highest BCUT2D eigenvalue weighted by atomic mass is 19.2. The topological polar surface area (TPSA) is 76.3 Å². The van der Waals surface area contributed by atoms with E-state index < -0.39 is 11.6 Å². The first-order valence-electron chi connectivity index (χ1n) is 11.2. The molecule has 8 heteroatoms. The molecule has 1 aliphatic carbocycles. The summed E-state index contributed by atoms with van der Waals surface area (Å²) in [5, 5.41) is 11.8. The lowest BCUT2D eigenvalue weighted by molar-refractivity contribution is 0.0545. The summed E-state index contributed by atoms with van der Waals surface area (Å²) >= 11 is 0. The molecule has 0 amide bonds. The number of aromatic nitrogens is 2. The number of anilines is 2. The van der Waals surface area contributed by atoms with Gasteiger partial charge in [-0.1, -0.05) is 0 Å². The molecule has 2 saturated heterocycles. The third kappa shape index (κ3) is 4.50. The number of ether oxygens (including phenoxy) is 1. The van der Waals surface area contributed by atoms with Gasteiger partial charge in [0.05, 0.1) is 5.69 Å². The van der Waals surface area contributed by atoms with Gasteiger partial charge in [0.1, 0.15) is 5.82 Å². The van der Waals surface area contributed by atoms with Gasteiger partial charge in [0.2, 0.25) is 0 Å². The Morgan fingerprint density at radius 3 is 2.48 bits per heavy atom. The number of fused-ring (bicyclic) bond motifs is 1. The van der Waals surface area contributed by atoms with Crippen molar-refractivity contribution in [3.8, 4) is 11.3 Å². The van der Waals surface area contributed by atoms with Crippen molar-refractivity contribution in [2.24, 2.45) is 17.8 Å². The van der Waals surface area contributed by atoms with Crippen molar-refractivity contribution in [1.82, 2.24) is 15.1 Å². The van der Waals surface area contributed by atoms with Gasteiger partial charge in [-0.15, -0.1) is 10.2 Å². The first kappa shape index (κ1) is 20.6. The Morgan fingerprint density at radius 2 is 1.81 bits per heavy atom. The predicted molar refractivity (Wildman–Crippen MR) is 115 cm³/mol. The van der Waals surface area contributed by atoms with Gasteiger partial charge in [0.15, 0.2) is 11.6 Å². The quantitative estimate of drug-likeness (QED) is 0.708. The molecule has 3 heterocycles. The largest absolute Gasteiger partial charge is 0.399 e. The third-order valence-corrected chi connectivity index (χ3v) is 7.03. The van der Waals surface area contributed by atoms with Crippen LogP contribution < -0.4 is 11.1 Å². The Labute approximate surface area is 181 Å². The monoisotopic (exact) mass is 429 g/mol. The van der Waals surface area contributed by atoms with Crippen LogP contribution in [0.1, 0.15) is 25.7 Å². The number of nitrogen functional groups attached to an aromatic ring is 1. The Kier molecular flexibility index (Phi) is 5.75. The average Bonchev–Trinajstić information content (AvgIpc) is 3.30. The molecule has 0 bridgehead atoms. The predicted octanol–water partition coefficient (Wildman–Crippen LogP) is 3.55. The minimum absolute atomic E-state index is 0.0246. The second kappa shape index (κ2) is 8.67. The summed E-state index contributed by atoms with van der Waals surface area (Å²) in [6.07, 6.45) is 4.65. The molecule has 5 rings (SSSR count). The van der Waals surface area contributed by atoms with Crippen LogP contribution in [0.25, 0.3) is 11.3 Å².